The van der Waals surface area contributed by atoms with Gasteiger partial charge in [-0.25, -0.2) is 0 Å². The molecule has 7 heteroatoms. The van der Waals surface area contributed by atoms with E-state index in [9.17, 15) is 4.79 Å². The molecule has 0 aromatic carbocycles. The minimum Gasteiger partial charge on any atom is -0.389 e. The van der Waals surface area contributed by atoms with Gasteiger partial charge in [0.25, 0.3) is 5.91 Å². The van der Waals surface area contributed by atoms with Gasteiger partial charge in [-0.3, -0.25) is 9.48 Å². The predicted octanol–water partition coefficient (Wildman–Crippen LogP) is 1.62. The number of rotatable bonds is 2. The number of nitriles is 1. The Kier molecular flexibility index (Phi) is 3.39. The summed E-state index contributed by atoms with van der Waals surface area (Å²) in [4.78, 5) is 15.3. The van der Waals surface area contributed by atoms with Crippen molar-refractivity contribution >= 4 is 22.2 Å². The summed E-state index contributed by atoms with van der Waals surface area (Å²) >= 11 is 1.41. The van der Waals surface area contributed by atoms with Crippen molar-refractivity contribution in [2.45, 2.75) is 26.4 Å². The van der Waals surface area contributed by atoms with E-state index < -0.39 is 0 Å². The number of aryl methyl sites for hydroxylation is 1. The van der Waals surface area contributed by atoms with Gasteiger partial charge in [0.15, 0.2) is 0 Å². The smallest absolute Gasteiger partial charge is 0.257 e. The van der Waals surface area contributed by atoms with Gasteiger partial charge in [-0.2, -0.15) is 10.4 Å². The van der Waals surface area contributed by atoms with Gasteiger partial charge < -0.3 is 10.6 Å². The fourth-order valence-electron chi connectivity index (χ4n) is 2.55. The number of nitrogens with two attached hydrogens (primary N) is 1. The molecule has 0 saturated carbocycles. The summed E-state index contributed by atoms with van der Waals surface area (Å²) in [7, 11) is 0. The standard InChI is InChI=1S/C14H15N5OS/c1-2-19-7-9(6-17-19)14(20)18-4-3-10-11(5-15)13(16)21-12(10)8-18/h6-7H,2-4,8,16H2,1H3. The van der Waals surface area contributed by atoms with Crippen LogP contribution in [0.1, 0.15) is 33.3 Å². The predicted molar refractivity (Wildman–Crippen MR) is 79.8 cm³/mol. The molecule has 0 aliphatic carbocycles. The Bertz CT molecular complexity index is 739. The van der Waals surface area contributed by atoms with Crippen LogP contribution in [0.4, 0.5) is 5.00 Å². The fraction of sp³-hybridized carbons (Fsp3) is 0.357. The maximum Gasteiger partial charge on any atom is 0.257 e. The van der Waals surface area contributed by atoms with Crippen LogP contribution in [0, 0.1) is 11.3 Å². The summed E-state index contributed by atoms with van der Waals surface area (Å²) in [6, 6.07) is 2.16. The van der Waals surface area contributed by atoms with Gasteiger partial charge in [-0.15, -0.1) is 11.3 Å². The van der Waals surface area contributed by atoms with E-state index in [0.29, 0.717) is 35.6 Å². The van der Waals surface area contributed by atoms with Crippen molar-refractivity contribution in [3.63, 3.8) is 0 Å². The molecule has 2 aromatic heterocycles. The highest BCUT2D eigenvalue weighted by Gasteiger charge is 2.27. The lowest BCUT2D eigenvalue weighted by Crippen LogP contribution is -2.35. The zero-order valence-corrected chi connectivity index (χ0v) is 12.5. The van der Waals surface area contributed by atoms with E-state index in [2.05, 4.69) is 11.2 Å². The van der Waals surface area contributed by atoms with Crippen molar-refractivity contribution in [2.24, 2.45) is 0 Å². The molecular formula is C14H15N5OS. The molecule has 6 nitrogen and oxygen atoms in total. The fourth-order valence-corrected chi connectivity index (χ4v) is 3.63. The molecule has 0 bridgehead atoms. The van der Waals surface area contributed by atoms with Crippen molar-refractivity contribution in [1.29, 1.82) is 5.26 Å². The highest BCUT2D eigenvalue weighted by molar-refractivity contribution is 7.16. The summed E-state index contributed by atoms with van der Waals surface area (Å²) < 4.78 is 1.74. The van der Waals surface area contributed by atoms with Gasteiger partial charge in [0.05, 0.1) is 23.9 Å². The van der Waals surface area contributed by atoms with E-state index in [-0.39, 0.29) is 5.91 Å². The highest BCUT2D eigenvalue weighted by Crippen LogP contribution is 2.34. The lowest BCUT2D eigenvalue weighted by atomic mass is 10.0. The Morgan fingerprint density at radius 2 is 2.43 bits per heavy atom. The molecule has 0 spiro atoms. The number of carbonyl (C=O) groups excluding carboxylic acids is 1. The molecule has 2 N–H and O–H groups in total. The first kappa shape index (κ1) is 13.6. The van der Waals surface area contributed by atoms with Gasteiger partial charge in [0, 0.05) is 24.2 Å². The molecule has 3 rings (SSSR count). The molecule has 0 atom stereocenters. The van der Waals surface area contributed by atoms with E-state index >= 15 is 0 Å². The van der Waals surface area contributed by atoms with Gasteiger partial charge in [-0.05, 0) is 18.9 Å². The zero-order valence-electron chi connectivity index (χ0n) is 11.7. The number of nitrogen functional groups attached to an aromatic ring is 1. The van der Waals surface area contributed by atoms with Crippen molar-refractivity contribution in [3.8, 4) is 6.07 Å². The zero-order chi connectivity index (χ0) is 15.0. The normalized spacial score (nSPS) is 13.8. The average molecular weight is 301 g/mol. The first-order valence-corrected chi connectivity index (χ1v) is 7.57. The SMILES string of the molecule is CCn1cc(C(=O)N2CCc3c(sc(N)c3C#N)C2)cn1. The number of hydrogen-bond acceptors (Lipinski definition) is 5. The summed E-state index contributed by atoms with van der Waals surface area (Å²) in [5.41, 5.74) is 8.06. The molecule has 108 valence electrons. The summed E-state index contributed by atoms with van der Waals surface area (Å²) in [5.74, 6) is -0.0224. The molecule has 1 aliphatic heterocycles. The van der Waals surface area contributed by atoms with E-state index in [0.717, 1.165) is 17.0 Å². The number of aromatic nitrogens is 2. The number of fused-ring (bicyclic) bond motifs is 1. The topological polar surface area (TPSA) is 87.9 Å². The molecule has 1 aliphatic rings. The molecule has 21 heavy (non-hydrogen) atoms. The van der Waals surface area contributed by atoms with Gasteiger partial charge >= 0.3 is 0 Å². The maximum atomic E-state index is 12.5. The van der Waals surface area contributed by atoms with Crippen LogP contribution in [0.5, 0.6) is 0 Å². The van der Waals surface area contributed by atoms with Crippen LogP contribution in [-0.4, -0.2) is 27.1 Å². The number of hydrogen-bond donors (Lipinski definition) is 1. The van der Waals surface area contributed by atoms with E-state index in [1.165, 1.54) is 11.3 Å². The van der Waals surface area contributed by atoms with E-state index in [1.807, 2.05) is 6.92 Å². The van der Waals surface area contributed by atoms with E-state index in [4.69, 9.17) is 11.0 Å². The second kappa shape index (κ2) is 5.22. The third-order valence-corrected chi connectivity index (χ3v) is 4.73. The maximum absolute atomic E-state index is 12.5. The van der Waals surface area contributed by atoms with Crippen LogP contribution in [0.15, 0.2) is 12.4 Å². The Hall–Kier alpha value is -2.33. The van der Waals surface area contributed by atoms with E-state index in [1.54, 1.807) is 22.0 Å². The molecule has 0 saturated heterocycles. The summed E-state index contributed by atoms with van der Waals surface area (Å²) in [5, 5.41) is 13.8. The monoisotopic (exact) mass is 301 g/mol. The van der Waals surface area contributed by atoms with Gasteiger partial charge in [0.1, 0.15) is 11.1 Å². The quantitative estimate of drug-likeness (QED) is 0.913. The minimum atomic E-state index is -0.0224. The second-order valence-corrected chi connectivity index (χ2v) is 6.05. The Labute approximate surface area is 126 Å². The van der Waals surface area contributed by atoms with Crippen LogP contribution in [0.25, 0.3) is 0 Å². The molecule has 0 radical (unpaired) electrons. The van der Waals surface area contributed by atoms with Crippen molar-refractivity contribution in [1.82, 2.24) is 14.7 Å². The van der Waals surface area contributed by atoms with Crippen LogP contribution in [-0.2, 0) is 19.5 Å². The number of anilines is 1. The van der Waals surface area contributed by atoms with Crippen LogP contribution in [0.2, 0.25) is 0 Å². The van der Waals surface area contributed by atoms with Crippen molar-refractivity contribution in [2.75, 3.05) is 12.3 Å². The van der Waals surface area contributed by atoms with Crippen LogP contribution < -0.4 is 5.73 Å². The first-order chi connectivity index (χ1) is 10.1. The third-order valence-electron chi connectivity index (χ3n) is 3.69. The molecule has 1 amide bonds. The Balaban J connectivity index is 1.83. The largest absolute Gasteiger partial charge is 0.389 e. The Morgan fingerprint density at radius 1 is 1.62 bits per heavy atom. The second-order valence-electron chi connectivity index (χ2n) is 4.92. The summed E-state index contributed by atoms with van der Waals surface area (Å²) in [6.45, 7) is 3.84. The Morgan fingerprint density at radius 3 is 3.10 bits per heavy atom. The molecular weight excluding hydrogens is 286 g/mol. The van der Waals surface area contributed by atoms with Crippen LogP contribution in [0.3, 0.4) is 0 Å². The first-order valence-electron chi connectivity index (χ1n) is 6.75. The lowest BCUT2D eigenvalue weighted by molar-refractivity contribution is 0.0737. The molecule has 0 fully saturated rings. The summed E-state index contributed by atoms with van der Waals surface area (Å²) in [6.07, 6.45) is 4.05. The number of thiophene rings is 1. The average Bonchev–Trinajstić information content (AvgIpc) is 3.08. The number of nitrogens with zero attached hydrogens (tertiary/aromatic N) is 4. The number of amides is 1. The molecule has 0 unspecified atom stereocenters. The third kappa shape index (κ3) is 2.28. The lowest BCUT2D eigenvalue weighted by Gasteiger charge is -2.26. The number of carbonyl (C=O) groups is 1. The van der Waals surface area contributed by atoms with Crippen molar-refractivity contribution in [3.05, 3.63) is 34.0 Å². The van der Waals surface area contributed by atoms with Gasteiger partial charge in [-0.1, -0.05) is 0 Å². The highest BCUT2D eigenvalue weighted by atomic mass is 32.1. The molecule has 3 heterocycles. The van der Waals surface area contributed by atoms with Gasteiger partial charge in [0.2, 0.25) is 0 Å². The molecule has 2 aromatic rings. The minimum absolute atomic E-state index is 0.0224. The van der Waals surface area contributed by atoms with Crippen LogP contribution >= 0.6 is 11.3 Å². The van der Waals surface area contributed by atoms with Crippen molar-refractivity contribution < 1.29 is 4.79 Å².